The number of hydrogen-bond acceptors (Lipinski definition) is 4. The summed E-state index contributed by atoms with van der Waals surface area (Å²) in [5, 5.41) is 0. The second-order valence-electron chi connectivity index (χ2n) is 4.20. The van der Waals surface area contributed by atoms with Crippen molar-refractivity contribution in [2.45, 2.75) is 11.8 Å². The van der Waals surface area contributed by atoms with Crippen LogP contribution in [-0.4, -0.2) is 18.8 Å². The number of carbonyl (C=O) groups excluding carboxylic acids is 1. The summed E-state index contributed by atoms with van der Waals surface area (Å²) >= 11 is 1.26. The third-order valence-electron chi connectivity index (χ3n) is 2.69. The molecule has 2 aromatic carbocycles. The van der Waals surface area contributed by atoms with Crippen molar-refractivity contribution in [2.24, 2.45) is 4.40 Å². The molecule has 4 heteroatoms. The minimum Gasteiger partial charge on any atom is -0.464 e. The number of carbonyl (C=O) groups is 1. The SMILES string of the molecule is COC(=O)/C(=N/Sc1ccc(C)cc1)c1ccccc1. The Bertz CT molecular complexity index is 606. The van der Waals surface area contributed by atoms with Gasteiger partial charge in [-0.3, -0.25) is 0 Å². The Hall–Kier alpha value is -2.07. The topological polar surface area (TPSA) is 38.7 Å². The molecule has 0 fully saturated rings. The van der Waals surface area contributed by atoms with E-state index in [9.17, 15) is 4.79 Å². The van der Waals surface area contributed by atoms with Gasteiger partial charge in [0.15, 0.2) is 5.71 Å². The maximum atomic E-state index is 11.8. The van der Waals surface area contributed by atoms with Crippen molar-refractivity contribution < 1.29 is 9.53 Å². The van der Waals surface area contributed by atoms with Crippen LogP contribution >= 0.6 is 11.9 Å². The highest BCUT2D eigenvalue weighted by molar-refractivity contribution is 7.98. The second-order valence-corrected chi connectivity index (χ2v) is 5.04. The maximum absolute atomic E-state index is 11.8. The molecule has 0 radical (unpaired) electrons. The summed E-state index contributed by atoms with van der Waals surface area (Å²) in [7, 11) is 1.36. The fraction of sp³-hybridized carbons (Fsp3) is 0.125. The van der Waals surface area contributed by atoms with Gasteiger partial charge in [-0.1, -0.05) is 48.0 Å². The lowest BCUT2D eigenvalue weighted by molar-refractivity contribution is -0.132. The highest BCUT2D eigenvalue weighted by atomic mass is 32.2. The van der Waals surface area contributed by atoms with Crippen LogP contribution in [0.1, 0.15) is 11.1 Å². The summed E-state index contributed by atoms with van der Waals surface area (Å²) in [6, 6.07) is 17.3. The summed E-state index contributed by atoms with van der Waals surface area (Å²) in [6.45, 7) is 2.03. The molecule has 0 atom stereocenters. The first-order valence-electron chi connectivity index (χ1n) is 6.16. The quantitative estimate of drug-likeness (QED) is 0.489. The van der Waals surface area contributed by atoms with Crippen LogP contribution in [0.5, 0.6) is 0 Å². The molecule has 0 bridgehead atoms. The average Bonchev–Trinajstić information content (AvgIpc) is 2.50. The van der Waals surface area contributed by atoms with Crippen LogP contribution in [0.15, 0.2) is 63.9 Å². The van der Waals surface area contributed by atoms with Crippen LogP contribution in [0.4, 0.5) is 0 Å². The molecule has 0 unspecified atom stereocenters. The van der Waals surface area contributed by atoms with E-state index in [1.807, 2.05) is 61.5 Å². The van der Waals surface area contributed by atoms with E-state index in [0.717, 1.165) is 10.5 Å². The average molecular weight is 285 g/mol. The van der Waals surface area contributed by atoms with Gasteiger partial charge in [0.25, 0.3) is 0 Å². The summed E-state index contributed by atoms with van der Waals surface area (Å²) in [5.41, 5.74) is 2.26. The lowest BCUT2D eigenvalue weighted by Gasteiger charge is -2.04. The first kappa shape index (κ1) is 14.3. The van der Waals surface area contributed by atoms with Crippen molar-refractivity contribution >= 4 is 23.6 Å². The van der Waals surface area contributed by atoms with Gasteiger partial charge in [-0.2, -0.15) is 0 Å². The third kappa shape index (κ3) is 3.71. The molecule has 2 rings (SSSR count). The third-order valence-corrected chi connectivity index (χ3v) is 3.45. The molecule has 102 valence electrons. The van der Waals surface area contributed by atoms with Gasteiger partial charge in [0, 0.05) is 22.4 Å². The number of aryl methyl sites for hydroxylation is 1. The van der Waals surface area contributed by atoms with E-state index in [1.54, 1.807) is 0 Å². The monoisotopic (exact) mass is 285 g/mol. The van der Waals surface area contributed by atoms with Gasteiger partial charge in [-0.05, 0) is 19.1 Å². The largest absolute Gasteiger partial charge is 0.464 e. The summed E-state index contributed by atoms with van der Waals surface area (Å²) < 4.78 is 9.11. The minimum atomic E-state index is -0.434. The lowest BCUT2D eigenvalue weighted by atomic mass is 10.1. The van der Waals surface area contributed by atoms with Crippen LogP contribution < -0.4 is 0 Å². The van der Waals surface area contributed by atoms with E-state index in [-0.39, 0.29) is 0 Å². The smallest absolute Gasteiger partial charge is 0.357 e. The van der Waals surface area contributed by atoms with Crippen molar-refractivity contribution in [1.29, 1.82) is 0 Å². The fourth-order valence-corrected chi connectivity index (χ4v) is 2.23. The molecule has 0 aliphatic carbocycles. The fourth-order valence-electron chi connectivity index (χ4n) is 1.60. The Kier molecular flexibility index (Phi) is 4.96. The van der Waals surface area contributed by atoms with Crippen LogP contribution in [0.25, 0.3) is 0 Å². The molecule has 0 aliphatic rings. The van der Waals surface area contributed by atoms with Crippen LogP contribution in [0.3, 0.4) is 0 Å². The van der Waals surface area contributed by atoms with Crippen molar-refractivity contribution in [3.8, 4) is 0 Å². The van der Waals surface area contributed by atoms with E-state index < -0.39 is 5.97 Å². The Morgan fingerprint density at radius 3 is 2.30 bits per heavy atom. The molecule has 0 aliphatic heterocycles. The Balaban J connectivity index is 2.25. The molecule has 0 spiro atoms. The van der Waals surface area contributed by atoms with Crippen molar-refractivity contribution in [2.75, 3.05) is 7.11 Å². The highest BCUT2D eigenvalue weighted by Crippen LogP contribution is 2.21. The zero-order valence-electron chi connectivity index (χ0n) is 11.4. The Morgan fingerprint density at radius 1 is 1.05 bits per heavy atom. The van der Waals surface area contributed by atoms with Gasteiger partial charge in [-0.15, -0.1) is 0 Å². The molecule has 20 heavy (non-hydrogen) atoms. The zero-order chi connectivity index (χ0) is 14.4. The molecular formula is C16H15NO2S. The van der Waals surface area contributed by atoms with Gasteiger partial charge in [0.2, 0.25) is 0 Å². The Morgan fingerprint density at radius 2 is 1.70 bits per heavy atom. The van der Waals surface area contributed by atoms with Crippen LogP contribution in [0, 0.1) is 6.92 Å². The molecule has 2 aromatic rings. The lowest BCUT2D eigenvalue weighted by Crippen LogP contribution is -2.16. The number of ether oxygens (including phenoxy) is 1. The standard InChI is InChI=1S/C16H15NO2S/c1-12-8-10-14(11-9-12)20-17-15(16(18)19-2)13-6-4-3-5-7-13/h3-11H,1-2H3/b17-15+. The number of benzene rings is 2. The number of methoxy groups -OCH3 is 1. The predicted octanol–water partition coefficient (Wildman–Crippen LogP) is 3.66. The molecule has 0 aromatic heterocycles. The predicted molar refractivity (Wildman–Crippen MR) is 82.0 cm³/mol. The van der Waals surface area contributed by atoms with Gasteiger partial charge in [-0.25, -0.2) is 9.19 Å². The van der Waals surface area contributed by atoms with Gasteiger partial charge in [0.05, 0.1) is 7.11 Å². The summed E-state index contributed by atoms with van der Waals surface area (Å²) in [5.74, 6) is -0.434. The van der Waals surface area contributed by atoms with Gasteiger partial charge in [0.1, 0.15) is 0 Å². The van der Waals surface area contributed by atoms with Crippen molar-refractivity contribution in [3.05, 3.63) is 65.7 Å². The summed E-state index contributed by atoms with van der Waals surface area (Å²) in [4.78, 5) is 12.8. The highest BCUT2D eigenvalue weighted by Gasteiger charge is 2.14. The first-order chi connectivity index (χ1) is 9.70. The normalized spacial score (nSPS) is 11.2. The molecule has 0 saturated heterocycles. The van der Waals surface area contributed by atoms with E-state index >= 15 is 0 Å². The number of hydrogen-bond donors (Lipinski definition) is 0. The molecule has 0 heterocycles. The number of rotatable bonds is 4. The van der Waals surface area contributed by atoms with E-state index in [1.165, 1.54) is 24.6 Å². The minimum absolute atomic E-state index is 0.318. The van der Waals surface area contributed by atoms with Gasteiger partial charge < -0.3 is 4.74 Å². The van der Waals surface area contributed by atoms with Gasteiger partial charge >= 0.3 is 5.97 Å². The van der Waals surface area contributed by atoms with Crippen molar-refractivity contribution in [1.82, 2.24) is 0 Å². The number of nitrogens with zero attached hydrogens (tertiary/aromatic N) is 1. The zero-order valence-corrected chi connectivity index (χ0v) is 12.2. The number of esters is 1. The molecule has 0 saturated carbocycles. The van der Waals surface area contributed by atoms with E-state index in [0.29, 0.717) is 5.71 Å². The van der Waals surface area contributed by atoms with Crippen LogP contribution in [0.2, 0.25) is 0 Å². The molecular weight excluding hydrogens is 270 g/mol. The van der Waals surface area contributed by atoms with E-state index in [2.05, 4.69) is 4.40 Å². The molecule has 3 nitrogen and oxygen atoms in total. The summed E-state index contributed by atoms with van der Waals surface area (Å²) in [6.07, 6.45) is 0. The molecule has 0 amide bonds. The molecule has 0 N–H and O–H groups in total. The Labute approximate surface area is 122 Å². The van der Waals surface area contributed by atoms with Crippen LogP contribution in [-0.2, 0) is 9.53 Å². The van der Waals surface area contributed by atoms with Crippen molar-refractivity contribution in [3.63, 3.8) is 0 Å². The van der Waals surface area contributed by atoms with E-state index in [4.69, 9.17) is 4.74 Å². The second kappa shape index (κ2) is 6.91. The maximum Gasteiger partial charge on any atom is 0.357 e. The first-order valence-corrected chi connectivity index (χ1v) is 6.93.